The van der Waals surface area contributed by atoms with Crippen molar-refractivity contribution < 1.29 is 4.79 Å². The Bertz CT molecular complexity index is 591. The van der Waals surface area contributed by atoms with Crippen LogP contribution in [0.15, 0.2) is 30.6 Å². The summed E-state index contributed by atoms with van der Waals surface area (Å²) in [6.45, 7) is 5.57. The number of para-hydroxylation sites is 2. The lowest BCUT2D eigenvalue weighted by molar-refractivity contribution is -0.121. The summed E-state index contributed by atoms with van der Waals surface area (Å²) in [6.07, 6.45) is 3.12. The van der Waals surface area contributed by atoms with Crippen LogP contribution in [0.25, 0.3) is 11.0 Å². The molecule has 0 saturated heterocycles. The van der Waals surface area contributed by atoms with Crippen LogP contribution in [-0.2, 0) is 11.3 Å². The fourth-order valence-electron chi connectivity index (χ4n) is 2.19. The van der Waals surface area contributed by atoms with Gasteiger partial charge in [0.2, 0.25) is 5.91 Å². The molecule has 0 bridgehead atoms. The highest BCUT2D eigenvalue weighted by Gasteiger charge is 2.12. The average molecular weight is 288 g/mol. The number of imidazole rings is 1. The fourth-order valence-corrected chi connectivity index (χ4v) is 2.19. The maximum absolute atomic E-state index is 11.7. The molecule has 21 heavy (non-hydrogen) atoms. The van der Waals surface area contributed by atoms with E-state index in [1.54, 1.807) is 0 Å². The van der Waals surface area contributed by atoms with Crippen molar-refractivity contribution in [2.75, 3.05) is 6.54 Å². The van der Waals surface area contributed by atoms with Gasteiger partial charge in [-0.3, -0.25) is 4.79 Å². The Morgan fingerprint density at radius 3 is 2.90 bits per heavy atom. The smallest absolute Gasteiger partial charge is 0.221 e. The Kier molecular flexibility index (Phi) is 5.33. The number of aryl methyl sites for hydroxylation is 1. The first kappa shape index (κ1) is 15.5. The second kappa shape index (κ2) is 7.22. The Morgan fingerprint density at radius 1 is 1.38 bits per heavy atom. The summed E-state index contributed by atoms with van der Waals surface area (Å²) >= 11 is 0. The van der Waals surface area contributed by atoms with Gasteiger partial charge in [-0.25, -0.2) is 4.98 Å². The summed E-state index contributed by atoms with van der Waals surface area (Å²) in [5.74, 6) is 0.361. The third-order valence-electron chi connectivity index (χ3n) is 3.70. The number of nitrogens with two attached hydrogens (primary N) is 1. The van der Waals surface area contributed by atoms with Crippen molar-refractivity contribution >= 4 is 16.9 Å². The van der Waals surface area contributed by atoms with Crippen molar-refractivity contribution in [1.29, 1.82) is 0 Å². The van der Waals surface area contributed by atoms with Crippen molar-refractivity contribution in [2.24, 2.45) is 11.7 Å². The van der Waals surface area contributed by atoms with E-state index >= 15 is 0 Å². The zero-order valence-corrected chi connectivity index (χ0v) is 12.7. The van der Waals surface area contributed by atoms with Crippen molar-refractivity contribution in [3.8, 4) is 0 Å². The van der Waals surface area contributed by atoms with Gasteiger partial charge < -0.3 is 15.6 Å². The molecule has 2 aromatic rings. The number of carbonyl (C=O) groups is 1. The van der Waals surface area contributed by atoms with Crippen LogP contribution in [0.4, 0.5) is 0 Å². The molecule has 1 aromatic carbocycles. The van der Waals surface area contributed by atoms with Gasteiger partial charge in [0, 0.05) is 25.6 Å². The molecule has 114 valence electrons. The van der Waals surface area contributed by atoms with Gasteiger partial charge in [-0.1, -0.05) is 26.0 Å². The molecule has 1 unspecified atom stereocenters. The molecule has 1 heterocycles. The number of nitrogens with one attached hydrogen (secondary N) is 1. The highest BCUT2D eigenvalue weighted by Crippen LogP contribution is 2.11. The summed E-state index contributed by atoms with van der Waals surface area (Å²) in [6, 6.07) is 7.99. The Morgan fingerprint density at radius 2 is 2.14 bits per heavy atom. The van der Waals surface area contributed by atoms with E-state index in [2.05, 4.69) is 20.9 Å². The van der Waals surface area contributed by atoms with E-state index < -0.39 is 0 Å². The molecule has 0 saturated carbocycles. The molecule has 0 radical (unpaired) electrons. The third kappa shape index (κ3) is 4.29. The zero-order valence-electron chi connectivity index (χ0n) is 12.7. The summed E-state index contributed by atoms with van der Waals surface area (Å²) < 4.78 is 2.11. The van der Waals surface area contributed by atoms with E-state index in [9.17, 15) is 4.79 Å². The number of hydrogen-bond donors (Lipinski definition) is 2. The largest absolute Gasteiger partial charge is 0.356 e. The SMILES string of the molecule is CC(C)C(N)CC(=O)NCCCn1cnc2ccccc21. The summed E-state index contributed by atoms with van der Waals surface area (Å²) in [5.41, 5.74) is 8.02. The molecule has 2 rings (SSSR count). The second-order valence-electron chi connectivity index (χ2n) is 5.74. The van der Waals surface area contributed by atoms with E-state index in [1.807, 2.05) is 38.4 Å². The number of rotatable bonds is 7. The van der Waals surface area contributed by atoms with E-state index in [1.165, 1.54) is 0 Å². The Labute approximate surface area is 125 Å². The highest BCUT2D eigenvalue weighted by atomic mass is 16.1. The van der Waals surface area contributed by atoms with Gasteiger partial charge >= 0.3 is 0 Å². The molecule has 0 aliphatic heterocycles. The summed E-state index contributed by atoms with van der Waals surface area (Å²) in [5, 5.41) is 2.93. The second-order valence-corrected chi connectivity index (χ2v) is 5.74. The molecule has 1 atom stereocenters. The van der Waals surface area contributed by atoms with Gasteiger partial charge in [-0.15, -0.1) is 0 Å². The topological polar surface area (TPSA) is 72.9 Å². The minimum absolute atomic E-state index is 0.0340. The molecule has 5 heteroatoms. The summed E-state index contributed by atoms with van der Waals surface area (Å²) in [4.78, 5) is 16.1. The van der Waals surface area contributed by atoms with Gasteiger partial charge in [-0.2, -0.15) is 0 Å². The first-order valence-electron chi connectivity index (χ1n) is 7.50. The third-order valence-corrected chi connectivity index (χ3v) is 3.70. The molecule has 0 spiro atoms. The van der Waals surface area contributed by atoms with Crippen LogP contribution in [0, 0.1) is 5.92 Å². The van der Waals surface area contributed by atoms with Crippen LogP contribution in [0.1, 0.15) is 26.7 Å². The Balaban J connectivity index is 1.74. The van der Waals surface area contributed by atoms with Crippen LogP contribution in [0.2, 0.25) is 0 Å². The number of carbonyl (C=O) groups excluding carboxylic acids is 1. The molecule has 1 aromatic heterocycles. The van der Waals surface area contributed by atoms with E-state index in [0.29, 0.717) is 18.9 Å². The van der Waals surface area contributed by atoms with Crippen LogP contribution in [-0.4, -0.2) is 28.0 Å². The highest BCUT2D eigenvalue weighted by molar-refractivity contribution is 5.76. The molecule has 0 aliphatic carbocycles. The maximum Gasteiger partial charge on any atom is 0.221 e. The van der Waals surface area contributed by atoms with Crippen LogP contribution >= 0.6 is 0 Å². The zero-order chi connectivity index (χ0) is 15.2. The monoisotopic (exact) mass is 288 g/mol. The van der Waals surface area contributed by atoms with Crippen molar-refractivity contribution in [2.45, 2.75) is 39.3 Å². The number of nitrogens with zero attached hydrogens (tertiary/aromatic N) is 2. The number of benzene rings is 1. The van der Waals surface area contributed by atoms with E-state index in [-0.39, 0.29) is 11.9 Å². The summed E-state index contributed by atoms with van der Waals surface area (Å²) in [7, 11) is 0. The number of amides is 1. The van der Waals surface area contributed by atoms with Gasteiger partial charge in [0.25, 0.3) is 0 Å². The number of hydrogen-bond acceptors (Lipinski definition) is 3. The molecular weight excluding hydrogens is 264 g/mol. The molecule has 0 aliphatic rings. The first-order chi connectivity index (χ1) is 10.1. The van der Waals surface area contributed by atoms with Gasteiger partial charge in [0.05, 0.1) is 17.4 Å². The molecule has 5 nitrogen and oxygen atoms in total. The number of fused-ring (bicyclic) bond motifs is 1. The van der Waals surface area contributed by atoms with Crippen LogP contribution in [0.3, 0.4) is 0 Å². The molecule has 0 fully saturated rings. The minimum atomic E-state index is -0.0670. The van der Waals surface area contributed by atoms with Gasteiger partial charge in [0.15, 0.2) is 0 Å². The lowest BCUT2D eigenvalue weighted by atomic mass is 10.0. The first-order valence-corrected chi connectivity index (χ1v) is 7.50. The number of aromatic nitrogens is 2. The molecule has 1 amide bonds. The predicted octanol–water partition coefficient (Wildman–Crippen LogP) is 1.92. The van der Waals surface area contributed by atoms with Crippen molar-refractivity contribution in [3.63, 3.8) is 0 Å². The maximum atomic E-state index is 11.7. The average Bonchev–Trinajstić information content (AvgIpc) is 2.87. The van der Waals surface area contributed by atoms with Gasteiger partial charge in [-0.05, 0) is 24.5 Å². The molecule has 3 N–H and O–H groups in total. The lowest BCUT2D eigenvalue weighted by Crippen LogP contribution is -2.35. The standard InChI is InChI=1S/C16H24N4O/c1-12(2)13(17)10-16(21)18-8-5-9-20-11-19-14-6-3-4-7-15(14)20/h3-4,6-7,11-13H,5,8-10,17H2,1-2H3,(H,18,21). The normalized spacial score (nSPS) is 12.8. The quantitative estimate of drug-likeness (QED) is 0.764. The van der Waals surface area contributed by atoms with E-state index in [4.69, 9.17) is 5.73 Å². The van der Waals surface area contributed by atoms with E-state index in [0.717, 1.165) is 24.0 Å². The van der Waals surface area contributed by atoms with Crippen molar-refractivity contribution in [3.05, 3.63) is 30.6 Å². The molecular formula is C16H24N4O. The lowest BCUT2D eigenvalue weighted by Gasteiger charge is -2.15. The van der Waals surface area contributed by atoms with Crippen LogP contribution < -0.4 is 11.1 Å². The Hall–Kier alpha value is -1.88. The minimum Gasteiger partial charge on any atom is -0.356 e. The van der Waals surface area contributed by atoms with Gasteiger partial charge in [0.1, 0.15) is 0 Å². The van der Waals surface area contributed by atoms with Crippen LogP contribution in [0.5, 0.6) is 0 Å². The van der Waals surface area contributed by atoms with Crippen molar-refractivity contribution in [1.82, 2.24) is 14.9 Å². The predicted molar refractivity (Wildman–Crippen MR) is 84.8 cm³/mol. The fraction of sp³-hybridized carbons (Fsp3) is 0.500.